The van der Waals surface area contributed by atoms with Crippen LogP contribution in [0.3, 0.4) is 0 Å². The lowest BCUT2D eigenvalue weighted by Gasteiger charge is -2.25. The highest BCUT2D eigenvalue weighted by Gasteiger charge is 2.20. The molecule has 1 aromatic carbocycles. The maximum absolute atomic E-state index is 13.5. The SMILES string of the molecule is Cc1cc(Cl)c(CC2CCC(O)CC2)cc1F. The van der Waals surface area contributed by atoms with Gasteiger partial charge < -0.3 is 5.11 Å². The number of hydrogen-bond donors (Lipinski definition) is 1. The van der Waals surface area contributed by atoms with E-state index >= 15 is 0 Å². The minimum atomic E-state index is -0.180. The third kappa shape index (κ3) is 3.20. The van der Waals surface area contributed by atoms with Gasteiger partial charge in [0, 0.05) is 5.02 Å². The summed E-state index contributed by atoms with van der Waals surface area (Å²) in [4.78, 5) is 0. The summed E-state index contributed by atoms with van der Waals surface area (Å²) in [6, 6.07) is 3.26. The third-order valence-corrected chi connectivity index (χ3v) is 4.00. The van der Waals surface area contributed by atoms with Crippen molar-refractivity contribution in [2.75, 3.05) is 0 Å². The van der Waals surface area contributed by atoms with Gasteiger partial charge in [-0.1, -0.05) is 11.6 Å². The highest BCUT2D eigenvalue weighted by Crippen LogP contribution is 2.30. The number of benzene rings is 1. The molecule has 0 atom stereocenters. The van der Waals surface area contributed by atoms with E-state index in [1.165, 1.54) is 0 Å². The standard InChI is InChI=1S/C14H18ClFO/c1-9-6-13(15)11(8-14(9)16)7-10-2-4-12(17)5-3-10/h6,8,10,12,17H,2-5,7H2,1H3. The Morgan fingerprint density at radius 3 is 2.59 bits per heavy atom. The summed E-state index contributed by atoms with van der Waals surface area (Å²) >= 11 is 6.13. The van der Waals surface area contributed by atoms with E-state index in [1.54, 1.807) is 19.1 Å². The fourth-order valence-electron chi connectivity index (χ4n) is 2.50. The van der Waals surface area contributed by atoms with Crippen LogP contribution in [0.2, 0.25) is 5.02 Å². The van der Waals surface area contributed by atoms with E-state index in [9.17, 15) is 9.50 Å². The van der Waals surface area contributed by atoms with Gasteiger partial charge in [0.15, 0.2) is 0 Å². The van der Waals surface area contributed by atoms with Gasteiger partial charge in [-0.15, -0.1) is 0 Å². The molecule has 1 nitrogen and oxygen atoms in total. The van der Waals surface area contributed by atoms with Crippen molar-refractivity contribution >= 4 is 11.6 Å². The molecule has 3 heteroatoms. The lowest BCUT2D eigenvalue weighted by molar-refractivity contribution is 0.108. The van der Waals surface area contributed by atoms with Crippen LogP contribution in [-0.2, 0) is 6.42 Å². The maximum Gasteiger partial charge on any atom is 0.126 e. The Bertz CT molecular complexity index is 397. The number of aliphatic hydroxyl groups excluding tert-OH is 1. The average Bonchev–Trinajstić information content (AvgIpc) is 2.29. The Balaban J connectivity index is 2.06. The number of aryl methyl sites for hydroxylation is 1. The van der Waals surface area contributed by atoms with Crippen LogP contribution in [0.4, 0.5) is 4.39 Å². The van der Waals surface area contributed by atoms with Crippen LogP contribution in [-0.4, -0.2) is 11.2 Å². The molecule has 1 fully saturated rings. The summed E-state index contributed by atoms with van der Waals surface area (Å²) in [6.07, 6.45) is 4.41. The molecule has 0 spiro atoms. The van der Waals surface area contributed by atoms with Gasteiger partial charge in [0.25, 0.3) is 0 Å². The number of aliphatic hydroxyl groups is 1. The molecule has 0 heterocycles. The second kappa shape index (κ2) is 5.36. The molecule has 0 aliphatic heterocycles. The highest BCUT2D eigenvalue weighted by molar-refractivity contribution is 6.31. The van der Waals surface area contributed by atoms with E-state index in [-0.39, 0.29) is 11.9 Å². The van der Waals surface area contributed by atoms with E-state index in [0.717, 1.165) is 37.7 Å². The Kier molecular flexibility index (Phi) is 4.05. The lowest BCUT2D eigenvalue weighted by atomic mass is 9.83. The minimum absolute atomic E-state index is 0.142. The molecule has 0 bridgehead atoms. The molecule has 1 aliphatic carbocycles. The predicted octanol–water partition coefficient (Wildman–Crippen LogP) is 3.88. The molecule has 1 saturated carbocycles. The summed E-state index contributed by atoms with van der Waals surface area (Å²) in [7, 11) is 0. The van der Waals surface area contributed by atoms with Crippen LogP contribution in [0.5, 0.6) is 0 Å². The van der Waals surface area contributed by atoms with Crippen LogP contribution in [0.25, 0.3) is 0 Å². The maximum atomic E-state index is 13.5. The van der Waals surface area contributed by atoms with E-state index in [0.29, 0.717) is 16.5 Å². The lowest BCUT2D eigenvalue weighted by Crippen LogP contribution is -2.19. The monoisotopic (exact) mass is 256 g/mol. The fraction of sp³-hybridized carbons (Fsp3) is 0.571. The Labute approximate surface area is 107 Å². The van der Waals surface area contributed by atoms with Crippen LogP contribution in [0, 0.1) is 18.7 Å². The molecule has 0 amide bonds. The van der Waals surface area contributed by atoms with E-state index in [2.05, 4.69) is 0 Å². The van der Waals surface area contributed by atoms with Gasteiger partial charge in [0.05, 0.1) is 6.10 Å². The summed E-state index contributed by atoms with van der Waals surface area (Å²) in [5, 5.41) is 10.1. The van der Waals surface area contributed by atoms with Gasteiger partial charge in [0.2, 0.25) is 0 Å². The van der Waals surface area contributed by atoms with Crippen molar-refractivity contribution in [3.05, 3.63) is 34.1 Å². The first-order valence-electron chi connectivity index (χ1n) is 6.19. The van der Waals surface area contributed by atoms with E-state index < -0.39 is 0 Å². The van der Waals surface area contributed by atoms with Crippen molar-refractivity contribution in [1.82, 2.24) is 0 Å². The van der Waals surface area contributed by atoms with Crippen LogP contribution in [0.15, 0.2) is 12.1 Å². The van der Waals surface area contributed by atoms with Gasteiger partial charge in [0.1, 0.15) is 5.82 Å². The Morgan fingerprint density at radius 1 is 1.29 bits per heavy atom. The zero-order valence-corrected chi connectivity index (χ0v) is 10.8. The fourth-order valence-corrected chi connectivity index (χ4v) is 2.80. The second-order valence-corrected chi connectivity index (χ2v) is 5.48. The predicted molar refractivity (Wildman–Crippen MR) is 67.8 cm³/mol. The molecule has 2 rings (SSSR count). The summed E-state index contributed by atoms with van der Waals surface area (Å²) in [5.74, 6) is 0.346. The first-order valence-corrected chi connectivity index (χ1v) is 6.56. The number of halogens is 2. The molecule has 1 aliphatic rings. The quantitative estimate of drug-likeness (QED) is 0.851. The molecule has 0 radical (unpaired) electrons. The van der Waals surface area contributed by atoms with Gasteiger partial charge >= 0.3 is 0 Å². The van der Waals surface area contributed by atoms with Crippen molar-refractivity contribution in [3.63, 3.8) is 0 Å². The molecular formula is C14H18ClFO. The van der Waals surface area contributed by atoms with Gasteiger partial charge in [-0.25, -0.2) is 4.39 Å². The number of hydrogen-bond acceptors (Lipinski definition) is 1. The first-order chi connectivity index (χ1) is 8.06. The molecule has 0 saturated heterocycles. The van der Waals surface area contributed by atoms with Gasteiger partial charge in [-0.3, -0.25) is 0 Å². The second-order valence-electron chi connectivity index (χ2n) is 5.07. The van der Waals surface area contributed by atoms with Crippen LogP contribution in [0.1, 0.15) is 36.8 Å². The Morgan fingerprint density at radius 2 is 1.94 bits per heavy atom. The highest BCUT2D eigenvalue weighted by atomic mass is 35.5. The molecule has 1 aromatic rings. The van der Waals surface area contributed by atoms with Crippen molar-refractivity contribution in [1.29, 1.82) is 0 Å². The number of rotatable bonds is 2. The van der Waals surface area contributed by atoms with Gasteiger partial charge in [-0.05, 0) is 68.2 Å². The topological polar surface area (TPSA) is 20.2 Å². The van der Waals surface area contributed by atoms with Crippen LogP contribution < -0.4 is 0 Å². The molecular weight excluding hydrogens is 239 g/mol. The van der Waals surface area contributed by atoms with Crippen LogP contribution >= 0.6 is 11.6 Å². The molecule has 17 heavy (non-hydrogen) atoms. The van der Waals surface area contributed by atoms with Gasteiger partial charge in [-0.2, -0.15) is 0 Å². The smallest absolute Gasteiger partial charge is 0.126 e. The molecule has 0 aromatic heterocycles. The molecule has 1 N–H and O–H groups in total. The Hall–Kier alpha value is -0.600. The largest absolute Gasteiger partial charge is 0.393 e. The average molecular weight is 257 g/mol. The van der Waals surface area contributed by atoms with E-state index in [1.807, 2.05) is 0 Å². The van der Waals surface area contributed by atoms with Crippen molar-refractivity contribution in [2.24, 2.45) is 5.92 Å². The summed E-state index contributed by atoms with van der Waals surface area (Å²) < 4.78 is 13.5. The first kappa shape index (κ1) is 12.8. The zero-order chi connectivity index (χ0) is 12.4. The minimum Gasteiger partial charge on any atom is -0.393 e. The zero-order valence-electron chi connectivity index (χ0n) is 10.0. The normalized spacial score (nSPS) is 24.9. The van der Waals surface area contributed by atoms with Crippen molar-refractivity contribution < 1.29 is 9.50 Å². The van der Waals surface area contributed by atoms with E-state index in [4.69, 9.17) is 11.6 Å². The molecule has 94 valence electrons. The molecule has 0 unspecified atom stereocenters. The van der Waals surface area contributed by atoms with Crippen molar-refractivity contribution in [3.8, 4) is 0 Å². The summed E-state index contributed by atoms with van der Waals surface area (Å²) in [6.45, 7) is 1.72. The summed E-state index contributed by atoms with van der Waals surface area (Å²) in [5.41, 5.74) is 1.49. The van der Waals surface area contributed by atoms with Crippen molar-refractivity contribution in [2.45, 2.75) is 45.1 Å². The third-order valence-electron chi connectivity index (χ3n) is 3.65.